The van der Waals surface area contributed by atoms with Crippen LogP contribution in [0.3, 0.4) is 0 Å². The Morgan fingerprint density at radius 2 is 1.33 bits per heavy atom. The number of halogens is 1. The molecule has 1 saturated heterocycles. The van der Waals surface area contributed by atoms with Crippen molar-refractivity contribution in [2.75, 3.05) is 19.6 Å². The summed E-state index contributed by atoms with van der Waals surface area (Å²) in [6.45, 7) is 4.60. The molecular formula is C31H38BrNO3. The lowest BCUT2D eigenvalue weighted by Crippen LogP contribution is -2.43. The van der Waals surface area contributed by atoms with Gasteiger partial charge in [0.25, 0.3) is 0 Å². The molecule has 0 saturated carbocycles. The van der Waals surface area contributed by atoms with Gasteiger partial charge in [-0.3, -0.25) is 4.79 Å². The van der Waals surface area contributed by atoms with Crippen molar-refractivity contribution in [2.45, 2.75) is 57.0 Å². The highest BCUT2D eigenvalue weighted by Crippen LogP contribution is 2.38. The number of aliphatic carboxylic acids is 1. The lowest BCUT2D eigenvalue weighted by molar-refractivity contribution is -0.136. The molecule has 5 heteroatoms. The molecule has 0 unspecified atom stereocenters. The smallest absolute Gasteiger partial charge is 0.303 e. The minimum atomic E-state index is -0.745. The van der Waals surface area contributed by atoms with Crippen LogP contribution in [0, 0.1) is 0 Å². The van der Waals surface area contributed by atoms with Gasteiger partial charge in [-0.15, -0.1) is 17.0 Å². The molecule has 1 aliphatic carbocycles. The van der Waals surface area contributed by atoms with E-state index in [2.05, 4.69) is 65.6 Å². The Morgan fingerprint density at radius 3 is 1.83 bits per heavy atom. The van der Waals surface area contributed by atoms with E-state index < -0.39 is 11.6 Å². The van der Waals surface area contributed by atoms with E-state index in [1.807, 2.05) is 18.2 Å². The molecule has 0 amide bonds. The number of likely N-dealkylation sites (tertiary alicyclic amines) is 1. The fourth-order valence-corrected chi connectivity index (χ4v) is 5.45. The zero-order valence-electron chi connectivity index (χ0n) is 21.1. The summed E-state index contributed by atoms with van der Waals surface area (Å²) in [6.07, 6.45) is 5.26. The number of nitrogens with zero attached hydrogens (tertiary/aromatic N) is 1. The highest BCUT2D eigenvalue weighted by atomic mass is 79.9. The third-order valence-electron chi connectivity index (χ3n) is 7.56. The van der Waals surface area contributed by atoms with Gasteiger partial charge < -0.3 is 15.1 Å². The summed E-state index contributed by atoms with van der Waals surface area (Å²) in [6, 6.07) is 28.3. The highest BCUT2D eigenvalue weighted by molar-refractivity contribution is 8.93. The Labute approximate surface area is 225 Å². The number of fused-ring (bicyclic) bond motifs is 2. The van der Waals surface area contributed by atoms with Crippen LogP contribution in [-0.2, 0) is 23.2 Å². The standard InChI is InChI=1S/C28H31NO.C3H6O2.BrH/c30-28(24-10-2-1-3-11-24)17-20-29(21-18-28)19-16-27-25-12-6-4-8-22(25)14-15-23-9-5-7-13-26(23)27;1-2-3(4)5;/h1-13,27,30H,14-21H2;2H2,1H3,(H,4,5);1H. The van der Waals surface area contributed by atoms with Crippen molar-refractivity contribution in [2.24, 2.45) is 0 Å². The van der Waals surface area contributed by atoms with Gasteiger partial charge in [0.05, 0.1) is 5.60 Å². The fourth-order valence-electron chi connectivity index (χ4n) is 5.45. The first-order valence-corrected chi connectivity index (χ1v) is 12.9. The number of carbonyl (C=O) groups is 1. The molecule has 1 aliphatic heterocycles. The van der Waals surface area contributed by atoms with E-state index in [4.69, 9.17) is 5.11 Å². The van der Waals surface area contributed by atoms with Crippen molar-refractivity contribution >= 4 is 23.0 Å². The maximum absolute atomic E-state index is 11.1. The second-order valence-corrected chi connectivity index (χ2v) is 9.73. The van der Waals surface area contributed by atoms with Crippen LogP contribution >= 0.6 is 17.0 Å². The normalized spacial score (nSPS) is 16.8. The summed E-state index contributed by atoms with van der Waals surface area (Å²) >= 11 is 0. The van der Waals surface area contributed by atoms with E-state index in [9.17, 15) is 9.90 Å². The third-order valence-corrected chi connectivity index (χ3v) is 7.56. The molecule has 3 aromatic rings. The van der Waals surface area contributed by atoms with Gasteiger partial charge in [0.1, 0.15) is 0 Å². The molecule has 0 atom stereocenters. The van der Waals surface area contributed by atoms with Gasteiger partial charge in [0, 0.05) is 25.4 Å². The number of rotatable bonds is 5. The first-order valence-electron chi connectivity index (χ1n) is 12.9. The van der Waals surface area contributed by atoms with Gasteiger partial charge in [0.15, 0.2) is 0 Å². The number of piperidine rings is 1. The number of aliphatic hydroxyl groups is 1. The second-order valence-electron chi connectivity index (χ2n) is 9.73. The first-order chi connectivity index (χ1) is 17.0. The predicted molar refractivity (Wildman–Crippen MR) is 151 cm³/mol. The second kappa shape index (κ2) is 13.2. The molecule has 192 valence electrons. The zero-order chi connectivity index (χ0) is 24.7. The van der Waals surface area contributed by atoms with Gasteiger partial charge in [0.2, 0.25) is 0 Å². The Kier molecular flexibility index (Phi) is 10.3. The summed E-state index contributed by atoms with van der Waals surface area (Å²) in [7, 11) is 0. The third kappa shape index (κ3) is 6.84. The largest absolute Gasteiger partial charge is 0.481 e. The predicted octanol–water partition coefficient (Wildman–Crippen LogP) is 6.35. The lowest BCUT2D eigenvalue weighted by Gasteiger charge is -2.39. The van der Waals surface area contributed by atoms with Gasteiger partial charge in [-0.1, -0.05) is 85.8 Å². The van der Waals surface area contributed by atoms with Crippen LogP contribution in [-0.4, -0.2) is 40.7 Å². The van der Waals surface area contributed by atoms with E-state index in [1.54, 1.807) is 6.92 Å². The Balaban J connectivity index is 0.000000551. The van der Waals surface area contributed by atoms with Crippen LogP contribution in [0.5, 0.6) is 0 Å². The van der Waals surface area contributed by atoms with Gasteiger partial charge in [-0.05, 0) is 66.5 Å². The highest BCUT2D eigenvalue weighted by Gasteiger charge is 2.34. The van der Waals surface area contributed by atoms with Crippen molar-refractivity contribution in [3.63, 3.8) is 0 Å². The minimum absolute atomic E-state index is 0. The van der Waals surface area contributed by atoms with E-state index in [1.165, 1.54) is 22.3 Å². The van der Waals surface area contributed by atoms with E-state index in [0.717, 1.165) is 57.3 Å². The summed E-state index contributed by atoms with van der Waals surface area (Å²) < 4.78 is 0. The Bertz CT molecular complexity index is 1060. The monoisotopic (exact) mass is 551 g/mol. The van der Waals surface area contributed by atoms with E-state index in [-0.39, 0.29) is 23.4 Å². The summed E-state index contributed by atoms with van der Waals surface area (Å²) in [5, 5.41) is 18.9. The molecular weight excluding hydrogens is 514 g/mol. The Hall–Kier alpha value is -2.47. The molecule has 4 nitrogen and oxygen atoms in total. The van der Waals surface area contributed by atoms with Crippen molar-refractivity contribution in [3.8, 4) is 0 Å². The van der Waals surface area contributed by atoms with E-state index in [0.29, 0.717) is 5.92 Å². The first kappa shape index (κ1) is 28.1. The van der Waals surface area contributed by atoms with Crippen LogP contribution < -0.4 is 0 Å². The SMILES string of the molecule is Br.CCC(=O)O.OC1(c2ccccc2)CCN(CCC2c3ccccc3CCc3ccccc32)CC1. The molecule has 2 N–H and O–H groups in total. The maximum atomic E-state index is 11.1. The number of hydrogen-bond donors (Lipinski definition) is 2. The van der Waals surface area contributed by atoms with Crippen molar-refractivity contribution in [1.29, 1.82) is 0 Å². The van der Waals surface area contributed by atoms with Gasteiger partial charge in [-0.2, -0.15) is 0 Å². The number of carboxylic acids is 1. The molecule has 2 aliphatic rings. The fraction of sp³-hybridized carbons (Fsp3) is 0.387. The van der Waals surface area contributed by atoms with Gasteiger partial charge >= 0.3 is 5.97 Å². The molecule has 1 heterocycles. The lowest BCUT2D eigenvalue weighted by atomic mass is 9.83. The van der Waals surface area contributed by atoms with Crippen molar-refractivity contribution in [3.05, 3.63) is 107 Å². The quantitative estimate of drug-likeness (QED) is 0.387. The minimum Gasteiger partial charge on any atom is -0.481 e. The molecule has 0 radical (unpaired) electrons. The molecule has 0 bridgehead atoms. The van der Waals surface area contributed by atoms with Crippen LogP contribution in [0.4, 0.5) is 0 Å². The topological polar surface area (TPSA) is 60.8 Å². The number of benzene rings is 3. The van der Waals surface area contributed by atoms with Gasteiger partial charge in [-0.25, -0.2) is 0 Å². The van der Waals surface area contributed by atoms with Crippen LogP contribution in [0.25, 0.3) is 0 Å². The van der Waals surface area contributed by atoms with Crippen molar-refractivity contribution in [1.82, 2.24) is 4.90 Å². The molecule has 1 fully saturated rings. The van der Waals surface area contributed by atoms with Crippen LogP contribution in [0.2, 0.25) is 0 Å². The van der Waals surface area contributed by atoms with E-state index >= 15 is 0 Å². The van der Waals surface area contributed by atoms with Crippen molar-refractivity contribution < 1.29 is 15.0 Å². The molecule has 36 heavy (non-hydrogen) atoms. The molecule has 0 spiro atoms. The van der Waals surface area contributed by atoms with Crippen LogP contribution in [0.1, 0.15) is 66.3 Å². The molecule has 0 aromatic heterocycles. The number of carboxylic acid groups (broad SMARTS) is 1. The summed E-state index contributed by atoms with van der Waals surface area (Å²) in [5.74, 6) is -0.278. The Morgan fingerprint density at radius 1 is 0.861 bits per heavy atom. The average Bonchev–Trinajstić information content (AvgIpc) is 3.06. The summed E-state index contributed by atoms with van der Waals surface area (Å²) in [4.78, 5) is 11.9. The molecule has 5 rings (SSSR count). The number of hydrogen-bond acceptors (Lipinski definition) is 3. The molecule has 3 aromatic carbocycles. The zero-order valence-corrected chi connectivity index (χ0v) is 22.8. The number of aryl methyl sites for hydroxylation is 2. The summed E-state index contributed by atoms with van der Waals surface area (Å²) in [5.41, 5.74) is 6.45. The maximum Gasteiger partial charge on any atom is 0.303 e. The average molecular weight is 553 g/mol. The van der Waals surface area contributed by atoms with Crippen LogP contribution in [0.15, 0.2) is 78.9 Å².